The van der Waals surface area contributed by atoms with Gasteiger partial charge in [0, 0.05) is 17.5 Å². The predicted octanol–water partition coefficient (Wildman–Crippen LogP) is 1.54. The molecule has 0 radical (unpaired) electrons. The van der Waals surface area contributed by atoms with Gasteiger partial charge < -0.3 is 5.73 Å². The molecule has 0 spiro atoms. The molecule has 0 aliphatic carbocycles. The van der Waals surface area contributed by atoms with Crippen molar-refractivity contribution in [3.8, 4) is 11.8 Å². The molecule has 5 nitrogen and oxygen atoms in total. The summed E-state index contributed by atoms with van der Waals surface area (Å²) in [6, 6.07) is 9.30. The summed E-state index contributed by atoms with van der Waals surface area (Å²) in [5, 5.41) is 4.07. The molecule has 0 unspecified atom stereocenters. The summed E-state index contributed by atoms with van der Waals surface area (Å²) >= 11 is 0. The van der Waals surface area contributed by atoms with Crippen LogP contribution in [0, 0.1) is 18.8 Å². The normalized spacial score (nSPS) is 10.1. The van der Waals surface area contributed by atoms with E-state index in [0.29, 0.717) is 16.8 Å². The van der Waals surface area contributed by atoms with Crippen molar-refractivity contribution in [1.82, 2.24) is 14.6 Å². The molecule has 1 amide bonds. The first-order valence-corrected chi connectivity index (χ1v) is 6.36. The zero-order chi connectivity index (χ0) is 14.8. The smallest absolute Gasteiger partial charge is 0.252 e. The minimum Gasteiger partial charge on any atom is -0.365 e. The number of aromatic nitrogens is 3. The van der Waals surface area contributed by atoms with Crippen LogP contribution in [0.1, 0.15) is 27.3 Å². The standard InChI is InChI=1S/C16H12N4O/c1-11-3-2-4-13(19-11)6-5-12-7-8-20-15(9-12)14(10-18-20)16(17)21/h2-4,7-10H,1H3,(H2,17,21). The number of primary amides is 1. The van der Waals surface area contributed by atoms with Crippen molar-refractivity contribution in [3.05, 3.63) is 65.2 Å². The molecular weight excluding hydrogens is 264 g/mol. The Morgan fingerprint density at radius 2 is 2.14 bits per heavy atom. The average molecular weight is 276 g/mol. The Morgan fingerprint density at radius 1 is 1.29 bits per heavy atom. The number of amides is 1. The highest BCUT2D eigenvalue weighted by Gasteiger charge is 2.08. The molecule has 102 valence electrons. The Morgan fingerprint density at radius 3 is 2.90 bits per heavy atom. The molecule has 3 aromatic heterocycles. The molecule has 0 aromatic carbocycles. The quantitative estimate of drug-likeness (QED) is 0.685. The van der Waals surface area contributed by atoms with Crippen molar-refractivity contribution in [1.29, 1.82) is 0 Å². The minimum absolute atomic E-state index is 0.382. The molecule has 0 aliphatic heterocycles. The van der Waals surface area contributed by atoms with Crippen LogP contribution in [0.4, 0.5) is 0 Å². The van der Waals surface area contributed by atoms with Crippen molar-refractivity contribution in [3.63, 3.8) is 0 Å². The Balaban J connectivity index is 2.02. The summed E-state index contributed by atoms with van der Waals surface area (Å²) in [6.45, 7) is 1.92. The molecule has 3 aromatic rings. The third-order valence-electron chi connectivity index (χ3n) is 3.01. The molecule has 0 aliphatic rings. The predicted molar refractivity (Wildman–Crippen MR) is 78.7 cm³/mol. The third kappa shape index (κ3) is 2.60. The SMILES string of the molecule is Cc1cccc(C#Cc2ccn3ncc(C(N)=O)c3c2)n1. The number of fused-ring (bicyclic) bond motifs is 1. The van der Waals surface area contributed by atoms with E-state index in [1.165, 1.54) is 6.20 Å². The van der Waals surface area contributed by atoms with E-state index in [1.54, 1.807) is 16.8 Å². The third-order valence-corrected chi connectivity index (χ3v) is 3.01. The van der Waals surface area contributed by atoms with Gasteiger partial charge in [-0.1, -0.05) is 12.0 Å². The first kappa shape index (κ1) is 12.9. The molecule has 21 heavy (non-hydrogen) atoms. The Kier molecular flexibility index (Phi) is 3.13. The largest absolute Gasteiger partial charge is 0.365 e. The highest BCUT2D eigenvalue weighted by atomic mass is 16.1. The zero-order valence-electron chi connectivity index (χ0n) is 11.4. The van der Waals surface area contributed by atoms with Crippen molar-refractivity contribution in [2.24, 2.45) is 5.73 Å². The van der Waals surface area contributed by atoms with Crippen LogP contribution >= 0.6 is 0 Å². The van der Waals surface area contributed by atoms with Gasteiger partial charge in [-0.25, -0.2) is 9.50 Å². The van der Waals surface area contributed by atoms with Crippen molar-refractivity contribution < 1.29 is 4.79 Å². The van der Waals surface area contributed by atoms with Gasteiger partial charge in [-0.05, 0) is 37.1 Å². The maximum atomic E-state index is 11.3. The number of hydrogen-bond donors (Lipinski definition) is 1. The molecular formula is C16H12N4O. The lowest BCUT2D eigenvalue weighted by Crippen LogP contribution is -2.10. The molecule has 2 N–H and O–H groups in total. The zero-order valence-corrected chi connectivity index (χ0v) is 11.4. The number of nitrogens with zero attached hydrogens (tertiary/aromatic N) is 3. The summed E-state index contributed by atoms with van der Waals surface area (Å²) in [4.78, 5) is 15.6. The molecule has 3 rings (SSSR count). The Hall–Kier alpha value is -3.13. The topological polar surface area (TPSA) is 73.3 Å². The van der Waals surface area contributed by atoms with E-state index in [1.807, 2.05) is 31.2 Å². The highest BCUT2D eigenvalue weighted by molar-refractivity contribution is 5.99. The average Bonchev–Trinajstić information content (AvgIpc) is 2.88. The molecule has 0 saturated heterocycles. The van der Waals surface area contributed by atoms with Gasteiger partial charge in [0.25, 0.3) is 5.91 Å². The summed E-state index contributed by atoms with van der Waals surface area (Å²) in [7, 11) is 0. The van der Waals surface area contributed by atoms with Gasteiger partial charge in [-0.15, -0.1) is 0 Å². The molecule has 0 atom stereocenters. The Labute approximate surface area is 121 Å². The van der Waals surface area contributed by atoms with E-state index in [2.05, 4.69) is 21.9 Å². The highest BCUT2D eigenvalue weighted by Crippen LogP contribution is 2.11. The maximum absolute atomic E-state index is 11.3. The molecule has 0 saturated carbocycles. The van der Waals surface area contributed by atoms with E-state index in [4.69, 9.17) is 5.73 Å². The van der Waals surface area contributed by atoms with Gasteiger partial charge in [0.2, 0.25) is 0 Å². The number of carbonyl (C=O) groups is 1. The number of nitrogens with two attached hydrogens (primary N) is 1. The maximum Gasteiger partial charge on any atom is 0.252 e. The number of pyridine rings is 2. The summed E-state index contributed by atoms with van der Waals surface area (Å²) in [6.07, 6.45) is 3.20. The van der Waals surface area contributed by atoms with Crippen LogP contribution in [-0.2, 0) is 0 Å². The summed E-state index contributed by atoms with van der Waals surface area (Å²) < 4.78 is 1.59. The second-order valence-electron chi connectivity index (χ2n) is 4.58. The lowest BCUT2D eigenvalue weighted by Gasteiger charge is -1.96. The monoisotopic (exact) mass is 276 g/mol. The first-order chi connectivity index (χ1) is 10.1. The van der Waals surface area contributed by atoms with Gasteiger partial charge in [-0.2, -0.15) is 5.10 Å². The van der Waals surface area contributed by atoms with Gasteiger partial charge in [0.15, 0.2) is 0 Å². The fraction of sp³-hybridized carbons (Fsp3) is 0.0625. The van der Waals surface area contributed by atoms with Gasteiger partial charge in [-0.3, -0.25) is 4.79 Å². The van der Waals surface area contributed by atoms with Crippen LogP contribution in [0.25, 0.3) is 5.52 Å². The Bertz CT molecular complexity index is 899. The second kappa shape index (κ2) is 5.10. The van der Waals surface area contributed by atoms with Crippen molar-refractivity contribution >= 4 is 11.4 Å². The van der Waals surface area contributed by atoms with Gasteiger partial charge >= 0.3 is 0 Å². The summed E-state index contributed by atoms with van der Waals surface area (Å²) in [5.74, 6) is 5.53. The van der Waals surface area contributed by atoms with Crippen LogP contribution in [0.5, 0.6) is 0 Å². The van der Waals surface area contributed by atoms with E-state index in [-0.39, 0.29) is 0 Å². The lowest BCUT2D eigenvalue weighted by atomic mass is 10.2. The van der Waals surface area contributed by atoms with Crippen LogP contribution in [0.2, 0.25) is 0 Å². The van der Waals surface area contributed by atoms with Crippen LogP contribution < -0.4 is 5.73 Å². The van der Waals surface area contributed by atoms with Crippen molar-refractivity contribution in [2.45, 2.75) is 6.92 Å². The van der Waals surface area contributed by atoms with Gasteiger partial charge in [0.05, 0.1) is 17.3 Å². The van der Waals surface area contributed by atoms with Crippen LogP contribution in [0.3, 0.4) is 0 Å². The molecule has 3 heterocycles. The fourth-order valence-electron chi connectivity index (χ4n) is 2.00. The molecule has 0 bridgehead atoms. The number of aryl methyl sites for hydroxylation is 1. The molecule has 0 fully saturated rings. The van der Waals surface area contributed by atoms with Crippen LogP contribution in [0.15, 0.2) is 42.7 Å². The fourth-order valence-corrected chi connectivity index (χ4v) is 2.00. The van der Waals surface area contributed by atoms with Crippen molar-refractivity contribution in [2.75, 3.05) is 0 Å². The summed E-state index contributed by atoms with van der Waals surface area (Å²) in [5.41, 5.74) is 8.74. The number of carbonyl (C=O) groups excluding carboxylic acids is 1. The second-order valence-corrected chi connectivity index (χ2v) is 4.58. The van der Waals surface area contributed by atoms with E-state index >= 15 is 0 Å². The van der Waals surface area contributed by atoms with E-state index in [9.17, 15) is 4.79 Å². The first-order valence-electron chi connectivity index (χ1n) is 6.36. The van der Waals surface area contributed by atoms with E-state index in [0.717, 1.165) is 11.3 Å². The number of hydrogen-bond acceptors (Lipinski definition) is 3. The minimum atomic E-state index is -0.504. The molecule has 5 heteroatoms. The lowest BCUT2D eigenvalue weighted by molar-refractivity contribution is 0.100. The van der Waals surface area contributed by atoms with Gasteiger partial charge in [0.1, 0.15) is 5.69 Å². The number of rotatable bonds is 1. The van der Waals surface area contributed by atoms with Crippen LogP contribution in [-0.4, -0.2) is 20.5 Å². The van der Waals surface area contributed by atoms with E-state index < -0.39 is 5.91 Å².